The van der Waals surface area contributed by atoms with Gasteiger partial charge in [0.15, 0.2) is 0 Å². The molecule has 1 amide bonds. The summed E-state index contributed by atoms with van der Waals surface area (Å²) in [5, 5.41) is 7.44. The highest BCUT2D eigenvalue weighted by atomic mass is 16.5. The van der Waals surface area contributed by atoms with Gasteiger partial charge in [-0.25, -0.2) is 0 Å². The van der Waals surface area contributed by atoms with Crippen molar-refractivity contribution in [2.45, 2.75) is 52.6 Å². The number of ether oxygens (including phenoxy) is 2. The molecule has 3 rings (SSSR count). The van der Waals surface area contributed by atoms with Crippen molar-refractivity contribution in [1.82, 2.24) is 14.7 Å². The molecule has 2 heterocycles. The topological polar surface area (TPSA) is 68.6 Å². The number of carbonyl (C=O) groups excluding carboxylic acids is 1. The fourth-order valence-electron chi connectivity index (χ4n) is 4.17. The number of anilines is 1. The van der Waals surface area contributed by atoms with Gasteiger partial charge in [0.1, 0.15) is 11.5 Å². The van der Waals surface area contributed by atoms with Crippen LogP contribution in [0, 0.1) is 12.8 Å². The van der Waals surface area contributed by atoms with E-state index in [1.54, 1.807) is 20.3 Å². The van der Waals surface area contributed by atoms with Crippen molar-refractivity contribution < 1.29 is 14.3 Å². The van der Waals surface area contributed by atoms with Gasteiger partial charge in [-0.05, 0) is 45.6 Å². The van der Waals surface area contributed by atoms with Crippen LogP contribution in [-0.4, -0.2) is 47.9 Å². The fourth-order valence-corrected chi connectivity index (χ4v) is 4.17. The van der Waals surface area contributed by atoms with E-state index in [0.29, 0.717) is 29.5 Å². The maximum Gasteiger partial charge on any atom is 0.224 e. The number of hydrogen-bond donors (Lipinski definition) is 1. The maximum atomic E-state index is 12.5. The molecule has 1 saturated heterocycles. The minimum Gasteiger partial charge on any atom is -0.497 e. The Bertz CT molecular complexity index is 827. The SMILES string of the molecule is CCn1ncc(CN2CCCC(CCC(=O)Nc3cc(OC)cc(OC)c3)C2)c1C. The highest BCUT2D eigenvalue weighted by Crippen LogP contribution is 2.27. The number of piperidine rings is 1. The lowest BCUT2D eigenvalue weighted by atomic mass is 9.93. The van der Waals surface area contributed by atoms with Crippen LogP contribution in [0.15, 0.2) is 24.4 Å². The zero-order valence-corrected chi connectivity index (χ0v) is 18.6. The average molecular weight is 415 g/mol. The molecule has 1 aliphatic rings. The van der Waals surface area contributed by atoms with E-state index in [1.165, 1.54) is 24.1 Å². The highest BCUT2D eigenvalue weighted by molar-refractivity contribution is 5.91. The third kappa shape index (κ3) is 5.75. The summed E-state index contributed by atoms with van der Waals surface area (Å²) in [7, 11) is 3.20. The molecule has 1 fully saturated rings. The number of nitrogens with zero attached hydrogens (tertiary/aromatic N) is 3. The molecule has 1 aromatic heterocycles. The summed E-state index contributed by atoms with van der Waals surface area (Å²) in [5.41, 5.74) is 3.26. The van der Waals surface area contributed by atoms with E-state index in [1.807, 2.05) is 18.3 Å². The molecule has 1 atom stereocenters. The van der Waals surface area contributed by atoms with E-state index >= 15 is 0 Å². The Balaban J connectivity index is 1.49. The molecule has 7 nitrogen and oxygen atoms in total. The van der Waals surface area contributed by atoms with Crippen molar-refractivity contribution in [3.8, 4) is 11.5 Å². The number of aryl methyl sites for hydroxylation is 1. The quantitative estimate of drug-likeness (QED) is 0.675. The van der Waals surface area contributed by atoms with Gasteiger partial charge in [0, 0.05) is 61.2 Å². The summed E-state index contributed by atoms with van der Waals surface area (Å²) >= 11 is 0. The Morgan fingerprint density at radius 3 is 2.60 bits per heavy atom. The molecule has 0 aliphatic carbocycles. The summed E-state index contributed by atoms with van der Waals surface area (Å²) < 4.78 is 12.6. The molecule has 1 unspecified atom stereocenters. The van der Waals surface area contributed by atoms with Crippen LogP contribution >= 0.6 is 0 Å². The van der Waals surface area contributed by atoms with E-state index in [-0.39, 0.29) is 5.91 Å². The standard InChI is InChI=1S/C23H34N4O3/c1-5-27-17(2)19(14-24-27)16-26-10-6-7-18(15-26)8-9-23(28)25-20-11-21(29-3)13-22(12-20)30-4/h11-14,18H,5-10,15-16H2,1-4H3,(H,25,28). The second-order valence-electron chi connectivity index (χ2n) is 8.00. The number of carbonyl (C=O) groups is 1. The summed E-state index contributed by atoms with van der Waals surface area (Å²) in [4.78, 5) is 15.0. The second kappa shape index (κ2) is 10.5. The molecule has 2 aromatic rings. The van der Waals surface area contributed by atoms with Crippen LogP contribution in [0.4, 0.5) is 5.69 Å². The third-order valence-electron chi connectivity index (χ3n) is 5.92. The molecule has 1 aliphatic heterocycles. The Kier molecular flexibility index (Phi) is 7.74. The number of aromatic nitrogens is 2. The monoisotopic (exact) mass is 414 g/mol. The molecule has 1 aromatic carbocycles. The molecule has 164 valence electrons. The molecule has 1 N–H and O–H groups in total. The van der Waals surface area contributed by atoms with Gasteiger partial charge in [0.25, 0.3) is 0 Å². The largest absolute Gasteiger partial charge is 0.497 e. The van der Waals surface area contributed by atoms with Crippen LogP contribution in [0.25, 0.3) is 0 Å². The van der Waals surface area contributed by atoms with Crippen molar-refractivity contribution in [1.29, 1.82) is 0 Å². The molecule has 0 spiro atoms. The van der Waals surface area contributed by atoms with Crippen LogP contribution < -0.4 is 14.8 Å². The van der Waals surface area contributed by atoms with Crippen molar-refractivity contribution in [3.63, 3.8) is 0 Å². The number of likely N-dealkylation sites (tertiary alicyclic amines) is 1. The lowest BCUT2D eigenvalue weighted by molar-refractivity contribution is -0.116. The molecule has 0 saturated carbocycles. The van der Waals surface area contributed by atoms with Crippen LogP contribution in [0.1, 0.15) is 43.9 Å². The first-order valence-electron chi connectivity index (χ1n) is 10.8. The van der Waals surface area contributed by atoms with Gasteiger partial charge in [-0.3, -0.25) is 14.4 Å². The zero-order chi connectivity index (χ0) is 21.5. The summed E-state index contributed by atoms with van der Waals surface area (Å²) in [6.07, 6.45) is 5.78. The van der Waals surface area contributed by atoms with E-state index in [4.69, 9.17) is 9.47 Å². The Labute approximate surface area is 179 Å². The van der Waals surface area contributed by atoms with Gasteiger partial charge in [-0.2, -0.15) is 5.10 Å². The first-order valence-corrected chi connectivity index (χ1v) is 10.8. The predicted molar refractivity (Wildman–Crippen MR) is 118 cm³/mol. The fraction of sp³-hybridized carbons (Fsp3) is 0.565. The smallest absolute Gasteiger partial charge is 0.224 e. The molecule has 0 bridgehead atoms. The van der Waals surface area contributed by atoms with Crippen LogP contribution in [0.3, 0.4) is 0 Å². The van der Waals surface area contributed by atoms with Crippen molar-refractivity contribution in [3.05, 3.63) is 35.7 Å². The first kappa shape index (κ1) is 22.2. The van der Waals surface area contributed by atoms with Crippen molar-refractivity contribution in [2.75, 3.05) is 32.6 Å². The number of methoxy groups -OCH3 is 2. The lowest BCUT2D eigenvalue weighted by Gasteiger charge is -2.32. The maximum absolute atomic E-state index is 12.5. The van der Waals surface area contributed by atoms with Gasteiger partial charge in [0.2, 0.25) is 5.91 Å². The molecular formula is C23H34N4O3. The summed E-state index contributed by atoms with van der Waals surface area (Å²) in [6, 6.07) is 5.40. The molecular weight excluding hydrogens is 380 g/mol. The lowest BCUT2D eigenvalue weighted by Crippen LogP contribution is -2.35. The van der Waals surface area contributed by atoms with Crippen LogP contribution in [-0.2, 0) is 17.9 Å². The average Bonchev–Trinajstić information content (AvgIpc) is 3.11. The highest BCUT2D eigenvalue weighted by Gasteiger charge is 2.22. The Morgan fingerprint density at radius 1 is 1.23 bits per heavy atom. The minimum absolute atomic E-state index is 0.0301. The number of hydrogen-bond acceptors (Lipinski definition) is 5. The summed E-state index contributed by atoms with van der Waals surface area (Å²) in [5.74, 6) is 1.90. The third-order valence-corrected chi connectivity index (χ3v) is 5.92. The van der Waals surface area contributed by atoms with Gasteiger partial charge in [0.05, 0.1) is 20.4 Å². The van der Waals surface area contributed by atoms with Gasteiger partial charge in [-0.1, -0.05) is 0 Å². The Morgan fingerprint density at radius 2 is 1.97 bits per heavy atom. The second-order valence-corrected chi connectivity index (χ2v) is 8.00. The molecule has 30 heavy (non-hydrogen) atoms. The normalized spacial score (nSPS) is 17.0. The van der Waals surface area contributed by atoms with Gasteiger partial charge in [-0.15, -0.1) is 0 Å². The van der Waals surface area contributed by atoms with Crippen LogP contribution in [0.5, 0.6) is 11.5 Å². The van der Waals surface area contributed by atoms with Crippen molar-refractivity contribution in [2.24, 2.45) is 5.92 Å². The van der Waals surface area contributed by atoms with Crippen LogP contribution in [0.2, 0.25) is 0 Å². The number of amides is 1. The Hall–Kier alpha value is -2.54. The van der Waals surface area contributed by atoms with Gasteiger partial charge >= 0.3 is 0 Å². The van der Waals surface area contributed by atoms with Gasteiger partial charge < -0.3 is 14.8 Å². The van der Waals surface area contributed by atoms with E-state index in [0.717, 1.165) is 32.6 Å². The van der Waals surface area contributed by atoms with E-state index in [9.17, 15) is 4.79 Å². The predicted octanol–water partition coefficient (Wildman–Crippen LogP) is 3.86. The number of nitrogens with one attached hydrogen (secondary N) is 1. The van der Waals surface area contributed by atoms with E-state index in [2.05, 4.69) is 33.8 Å². The van der Waals surface area contributed by atoms with Crippen molar-refractivity contribution >= 4 is 11.6 Å². The first-order chi connectivity index (χ1) is 14.5. The number of benzene rings is 1. The molecule has 0 radical (unpaired) electrons. The molecule has 7 heteroatoms. The zero-order valence-electron chi connectivity index (χ0n) is 18.6. The number of rotatable bonds is 9. The minimum atomic E-state index is 0.0301. The summed E-state index contributed by atoms with van der Waals surface area (Å²) in [6.45, 7) is 8.26. The van der Waals surface area contributed by atoms with E-state index < -0.39 is 0 Å².